The van der Waals surface area contributed by atoms with Crippen LogP contribution in [0.5, 0.6) is 11.5 Å². The highest BCUT2D eigenvalue weighted by molar-refractivity contribution is 7.71. The Morgan fingerprint density at radius 1 is 0.632 bits per heavy atom. The molecule has 2 aliphatic heterocycles. The lowest BCUT2D eigenvalue weighted by Gasteiger charge is -2.36. The molecule has 0 radical (unpaired) electrons. The zero-order valence-electron chi connectivity index (χ0n) is 61.8. The number of nitrogens with zero attached hydrogens (tertiary/aromatic N) is 4. The minimum Gasteiger partial charge on any atom is -0.508 e. The number of carbonyl (C=O) groups excluding carboxylic acids is 5. The first-order chi connectivity index (χ1) is 51.2. The highest BCUT2D eigenvalue weighted by Crippen LogP contribution is 2.53. The first-order valence-electron chi connectivity index (χ1n) is 35.4. The van der Waals surface area contributed by atoms with E-state index in [1.54, 1.807) is 22.8 Å². The smallest absolute Gasteiger partial charge is 0.334 e. The predicted octanol–water partition coefficient (Wildman–Crippen LogP) is 10.0. The van der Waals surface area contributed by atoms with Crippen LogP contribution in [0.3, 0.4) is 0 Å². The van der Waals surface area contributed by atoms with Crippen molar-refractivity contribution in [2.75, 3.05) is 134 Å². The molecule has 568 valence electrons. The number of H-pyrrole nitrogens is 3. The molecule has 0 spiro atoms. The van der Waals surface area contributed by atoms with Gasteiger partial charge >= 0.3 is 17.9 Å². The molecule has 0 saturated carbocycles. The Morgan fingerprint density at radius 2 is 1.21 bits per heavy atom. The van der Waals surface area contributed by atoms with E-state index in [2.05, 4.69) is 37.4 Å². The SMILES string of the molecule is C=Cc1c(C)c2cc3nc(cc4[nH]c(cc5nc(cc1[nH]2)C(C)=C5CCC(=O)OC)c(CCC(=O)NCCOCCOCCOCCOCCOCCOCCOCCOCCC(=O)NCc1ccc(-n2c(-c5cc(C(C)C)c(O)cc5O)n[nH]c2=S)cc1)c4C)[C@@]1(C)C3=CC=C(C(=O)OC)[C@H]1C(=O)OC. The van der Waals surface area contributed by atoms with Crippen molar-refractivity contribution >= 4 is 86.8 Å². The van der Waals surface area contributed by atoms with Crippen LogP contribution in [-0.4, -0.2) is 208 Å². The van der Waals surface area contributed by atoms with E-state index >= 15 is 0 Å². The van der Waals surface area contributed by atoms with Gasteiger partial charge in [0.25, 0.3) is 0 Å². The third kappa shape index (κ3) is 20.4. The van der Waals surface area contributed by atoms with E-state index in [0.717, 1.165) is 50.0 Å². The molecule has 2 atom stereocenters. The fraction of sp³-hybridized carbons (Fsp3) is 0.449. The topological polar surface area (TPSA) is 342 Å². The van der Waals surface area contributed by atoms with E-state index in [0.29, 0.717) is 179 Å². The van der Waals surface area contributed by atoms with Gasteiger partial charge in [-0.3, -0.25) is 33.8 Å². The molecular weight excluding hydrogens is 1380 g/mol. The van der Waals surface area contributed by atoms with Crippen molar-refractivity contribution in [3.8, 4) is 28.6 Å². The van der Waals surface area contributed by atoms with Crippen LogP contribution in [0.1, 0.15) is 115 Å². The summed E-state index contributed by atoms with van der Waals surface area (Å²) < 4.78 is 62.6. The number of phenolic OH excluding ortho intramolecular Hbond substituents is 2. The molecule has 106 heavy (non-hydrogen) atoms. The Balaban J connectivity index is 0.624. The summed E-state index contributed by atoms with van der Waals surface area (Å²) in [6.45, 7) is 22.3. The summed E-state index contributed by atoms with van der Waals surface area (Å²) in [7, 11) is 3.92. The van der Waals surface area contributed by atoms with Gasteiger partial charge < -0.3 is 82.9 Å². The molecule has 3 aliphatic rings. The highest BCUT2D eigenvalue weighted by atomic mass is 32.1. The van der Waals surface area contributed by atoms with Gasteiger partial charge in [0, 0.05) is 71.7 Å². The van der Waals surface area contributed by atoms with Crippen molar-refractivity contribution in [2.45, 2.75) is 91.5 Å². The van der Waals surface area contributed by atoms with Crippen molar-refractivity contribution in [2.24, 2.45) is 5.92 Å². The Bertz CT molecular complexity index is 4450. The van der Waals surface area contributed by atoms with Crippen LogP contribution in [0, 0.1) is 24.5 Å². The van der Waals surface area contributed by atoms with Crippen molar-refractivity contribution in [1.82, 2.24) is 45.3 Å². The summed E-state index contributed by atoms with van der Waals surface area (Å²) in [5.74, 6) is -2.83. The number of esters is 3. The molecule has 9 rings (SSSR count). The Morgan fingerprint density at radius 3 is 1.80 bits per heavy atom. The molecule has 6 aromatic rings. The van der Waals surface area contributed by atoms with Gasteiger partial charge in [0.15, 0.2) is 10.6 Å². The number of aryl methyl sites for hydroxylation is 3. The number of benzene rings is 2. The first kappa shape index (κ1) is 80.6. The van der Waals surface area contributed by atoms with E-state index in [-0.39, 0.29) is 79.8 Å². The van der Waals surface area contributed by atoms with Crippen molar-refractivity contribution < 1.29 is 86.3 Å². The van der Waals surface area contributed by atoms with Gasteiger partial charge in [-0.1, -0.05) is 50.8 Å². The summed E-state index contributed by atoms with van der Waals surface area (Å²) in [5, 5.41) is 34.0. The average Bonchev–Trinajstić information content (AvgIpc) is 1.55. The summed E-state index contributed by atoms with van der Waals surface area (Å²) in [6, 6.07) is 18.2. The Kier molecular flexibility index (Phi) is 29.8. The molecule has 7 N–H and O–H groups in total. The summed E-state index contributed by atoms with van der Waals surface area (Å²) in [5.41, 5.74) is 12.7. The third-order valence-corrected chi connectivity index (χ3v) is 19.0. The van der Waals surface area contributed by atoms with Gasteiger partial charge in [-0.15, -0.1) is 0 Å². The van der Waals surface area contributed by atoms with Crippen LogP contribution < -0.4 is 10.6 Å². The summed E-state index contributed by atoms with van der Waals surface area (Å²) in [6.07, 6.45) is 6.33. The minimum absolute atomic E-state index is 0.00740. The molecule has 0 saturated heterocycles. The lowest BCUT2D eigenvalue weighted by atomic mass is 9.64. The molecular formula is C78H97N9O18S. The number of hydrogen-bond acceptors (Lipinski definition) is 22. The number of aromatic amines is 3. The zero-order valence-corrected chi connectivity index (χ0v) is 62.6. The Labute approximate surface area is 621 Å². The molecule has 6 heterocycles. The number of rotatable bonds is 41. The number of aromatic hydroxyl groups is 2. The van der Waals surface area contributed by atoms with Crippen molar-refractivity contribution in [1.29, 1.82) is 0 Å². The van der Waals surface area contributed by atoms with Crippen LogP contribution >= 0.6 is 12.2 Å². The summed E-state index contributed by atoms with van der Waals surface area (Å²) in [4.78, 5) is 83.7. The van der Waals surface area contributed by atoms with Crippen molar-refractivity contribution in [3.63, 3.8) is 0 Å². The molecule has 2 aromatic carbocycles. The lowest BCUT2D eigenvalue weighted by Crippen LogP contribution is -2.42. The van der Waals surface area contributed by atoms with Crippen LogP contribution in [0.4, 0.5) is 0 Å². The van der Waals surface area contributed by atoms with Gasteiger partial charge in [-0.2, -0.15) is 5.10 Å². The lowest BCUT2D eigenvalue weighted by molar-refractivity contribution is -0.149. The number of fused-ring (bicyclic) bond motifs is 11. The zero-order chi connectivity index (χ0) is 75.9. The van der Waals surface area contributed by atoms with E-state index in [9.17, 15) is 34.2 Å². The van der Waals surface area contributed by atoms with E-state index in [1.807, 2.05) is 96.1 Å². The maximum atomic E-state index is 14.0. The van der Waals surface area contributed by atoms with E-state index in [4.69, 9.17) is 74.3 Å². The Hall–Kier alpha value is -9.49. The number of amides is 2. The number of ether oxygens (including phenoxy) is 11. The largest absolute Gasteiger partial charge is 0.508 e. The predicted molar refractivity (Wildman–Crippen MR) is 401 cm³/mol. The molecule has 4 aromatic heterocycles. The fourth-order valence-corrected chi connectivity index (χ4v) is 13.1. The number of nitrogens with one attached hydrogen (secondary N) is 5. The molecule has 0 fully saturated rings. The number of aromatic nitrogens is 7. The van der Waals surface area contributed by atoms with Crippen LogP contribution in [0.2, 0.25) is 0 Å². The second-order valence-electron chi connectivity index (χ2n) is 25.8. The molecule has 1 aliphatic carbocycles. The van der Waals surface area contributed by atoms with Gasteiger partial charge in [-0.25, -0.2) is 9.78 Å². The molecule has 8 bridgehead atoms. The van der Waals surface area contributed by atoms with Crippen molar-refractivity contribution in [3.05, 3.63) is 146 Å². The fourth-order valence-electron chi connectivity index (χ4n) is 12.9. The standard InChI is InChI=1S/C78H97N9O18S/c1-11-53-48(4)61-42-66-59-19-16-56(75(93)96-9)73(76(94)97-10)78(59,7)69(84-66)44-62-50(6)54(64(83-62)43-65-55(18-21-72(92)95-8)49(5)60(82-65)41-63(53)81-61)17-20-70(90)79-23-25-99-27-29-101-31-33-103-35-37-105-39-38-104-36-34-102-32-30-100-28-26-98-24-22-71(91)80-46-51-12-14-52(15-13-51)87-74(85-86-77(87)106)58-40-57(47(2)3)67(88)45-68(58)89/h11-16,19,40-45,47,73,81,83,88-89H,1,17-18,20-39,46H2,2-10H3,(H,79,90)(H,80,91)(H,86,106)/t73-,78+/m0/s1. The first-order valence-corrected chi connectivity index (χ1v) is 35.8. The normalized spacial score (nSPS) is 14.8. The molecule has 27 nitrogen and oxygen atoms in total. The minimum atomic E-state index is -1.21. The van der Waals surface area contributed by atoms with Gasteiger partial charge in [-0.05, 0) is 146 Å². The van der Waals surface area contributed by atoms with Crippen LogP contribution in [-0.2, 0) is 94.5 Å². The van der Waals surface area contributed by atoms with Gasteiger partial charge in [0.1, 0.15) is 17.4 Å². The van der Waals surface area contributed by atoms with E-state index in [1.165, 1.54) is 27.4 Å². The second-order valence-corrected chi connectivity index (χ2v) is 26.2. The third-order valence-electron chi connectivity index (χ3n) is 18.7. The number of methoxy groups -OCH3 is 3. The monoisotopic (exact) mass is 1480 g/mol. The van der Waals surface area contributed by atoms with Gasteiger partial charge in [0.2, 0.25) is 11.8 Å². The molecule has 0 unspecified atom stereocenters. The number of hydrogen-bond donors (Lipinski definition) is 7. The summed E-state index contributed by atoms with van der Waals surface area (Å²) >= 11 is 5.51. The second kappa shape index (κ2) is 39.2. The maximum Gasteiger partial charge on any atom is 0.334 e. The highest BCUT2D eigenvalue weighted by Gasteiger charge is 2.54. The van der Waals surface area contributed by atoms with Crippen LogP contribution in [0.25, 0.3) is 61.9 Å². The van der Waals surface area contributed by atoms with Crippen LogP contribution in [0.15, 0.2) is 85.0 Å². The molecule has 2 amide bonds. The van der Waals surface area contributed by atoms with Gasteiger partial charge in [0.05, 0.1) is 166 Å². The average molecular weight is 1480 g/mol. The maximum absolute atomic E-state index is 14.0. The number of carbonyl (C=O) groups is 5. The number of phenols is 2. The van der Waals surface area contributed by atoms with E-state index < -0.39 is 23.3 Å². The quantitative estimate of drug-likeness (QED) is 0.00812. The molecule has 28 heteroatoms. The number of allylic oxidation sites excluding steroid dienone is 5.